The Labute approximate surface area is 116 Å². The summed E-state index contributed by atoms with van der Waals surface area (Å²) < 4.78 is 0. The van der Waals surface area contributed by atoms with E-state index in [-0.39, 0.29) is 5.78 Å². The maximum atomic E-state index is 12.5. The van der Waals surface area contributed by atoms with Crippen molar-refractivity contribution in [3.63, 3.8) is 0 Å². The fourth-order valence-electron chi connectivity index (χ4n) is 3.40. The summed E-state index contributed by atoms with van der Waals surface area (Å²) in [4.78, 5) is 14.8. The molecular formula is C17H25NO. The van der Waals surface area contributed by atoms with Gasteiger partial charge in [-0.05, 0) is 51.8 Å². The van der Waals surface area contributed by atoms with Gasteiger partial charge in [-0.25, -0.2) is 0 Å². The molecule has 0 radical (unpaired) electrons. The van der Waals surface area contributed by atoms with Gasteiger partial charge < -0.3 is 0 Å². The highest BCUT2D eigenvalue weighted by molar-refractivity contribution is 6.00. The number of carbonyl (C=O) groups is 1. The third-order valence-electron chi connectivity index (χ3n) is 4.30. The number of aryl methyl sites for hydroxylation is 3. The van der Waals surface area contributed by atoms with Gasteiger partial charge in [-0.2, -0.15) is 0 Å². The molecular weight excluding hydrogens is 234 g/mol. The molecule has 1 aromatic rings. The summed E-state index contributed by atoms with van der Waals surface area (Å²) in [6.07, 6.45) is 5.11. The molecule has 0 atom stereocenters. The number of carbonyl (C=O) groups excluding carboxylic acids is 1. The summed E-state index contributed by atoms with van der Waals surface area (Å²) in [7, 11) is 2.09. The summed E-state index contributed by atoms with van der Waals surface area (Å²) in [5.74, 6) is 0.268. The molecule has 1 saturated carbocycles. The first-order valence-corrected chi connectivity index (χ1v) is 7.30. The molecule has 0 spiro atoms. The van der Waals surface area contributed by atoms with Crippen LogP contribution in [0.1, 0.15) is 52.7 Å². The van der Waals surface area contributed by atoms with Crippen molar-refractivity contribution in [2.45, 2.75) is 52.5 Å². The number of benzene rings is 1. The molecule has 0 aromatic heterocycles. The minimum absolute atomic E-state index is 0.268. The Balaban J connectivity index is 2.11. The monoisotopic (exact) mass is 259 g/mol. The first-order chi connectivity index (χ1) is 8.99. The summed E-state index contributed by atoms with van der Waals surface area (Å²) in [6.45, 7) is 6.72. The highest BCUT2D eigenvalue weighted by atomic mass is 16.1. The van der Waals surface area contributed by atoms with Crippen molar-refractivity contribution in [2.75, 3.05) is 13.6 Å². The molecule has 1 aromatic carbocycles. The van der Waals surface area contributed by atoms with E-state index in [0.717, 1.165) is 16.7 Å². The lowest BCUT2D eigenvalue weighted by molar-refractivity contribution is 0.0919. The third-order valence-corrected chi connectivity index (χ3v) is 4.30. The molecule has 19 heavy (non-hydrogen) atoms. The van der Waals surface area contributed by atoms with E-state index in [1.807, 2.05) is 13.8 Å². The molecule has 0 amide bonds. The van der Waals surface area contributed by atoms with Crippen molar-refractivity contribution in [1.29, 1.82) is 0 Å². The van der Waals surface area contributed by atoms with E-state index in [9.17, 15) is 4.79 Å². The maximum absolute atomic E-state index is 12.5. The molecule has 0 aliphatic heterocycles. The van der Waals surface area contributed by atoms with Gasteiger partial charge >= 0.3 is 0 Å². The van der Waals surface area contributed by atoms with Crippen molar-refractivity contribution in [1.82, 2.24) is 4.90 Å². The van der Waals surface area contributed by atoms with Gasteiger partial charge in [0.05, 0.1) is 6.54 Å². The van der Waals surface area contributed by atoms with Crippen molar-refractivity contribution in [2.24, 2.45) is 0 Å². The van der Waals surface area contributed by atoms with Gasteiger partial charge in [0.2, 0.25) is 0 Å². The molecule has 0 bridgehead atoms. The van der Waals surface area contributed by atoms with Crippen molar-refractivity contribution in [3.05, 3.63) is 34.4 Å². The van der Waals surface area contributed by atoms with Crippen LogP contribution < -0.4 is 0 Å². The first kappa shape index (κ1) is 14.3. The molecule has 1 fully saturated rings. The number of nitrogens with zero attached hydrogens (tertiary/aromatic N) is 1. The van der Waals surface area contributed by atoms with Crippen LogP contribution in [-0.4, -0.2) is 30.3 Å². The van der Waals surface area contributed by atoms with E-state index in [0.29, 0.717) is 12.6 Å². The summed E-state index contributed by atoms with van der Waals surface area (Å²) in [6, 6.07) is 4.82. The molecule has 0 saturated heterocycles. The molecule has 1 aliphatic carbocycles. The normalized spacial score (nSPS) is 16.3. The van der Waals surface area contributed by atoms with E-state index in [1.165, 1.54) is 31.2 Å². The van der Waals surface area contributed by atoms with Crippen LogP contribution in [0.3, 0.4) is 0 Å². The Morgan fingerprint density at radius 3 is 2.21 bits per heavy atom. The second-order valence-electron chi connectivity index (χ2n) is 6.05. The zero-order valence-electron chi connectivity index (χ0n) is 12.6. The van der Waals surface area contributed by atoms with Crippen LogP contribution in [0, 0.1) is 20.8 Å². The van der Waals surface area contributed by atoms with Crippen LogP contribution >= 0.6 is 0 Å². The predicted octanol–water partition coefficient (Wildman–Crippen LogP) is 3.67. The van der Waals surface area contributed by atoms with Crippen molar-refractivity contribution in [3.8, 4) is 0 Å². The van der Waals surface area contributed by atoms with Gasteiger partial charge in [0.25, 0.3) is 0 Å². The molecule has 2 rings (SSSR count). The van der Waals surface area contributed by atoms with Gasteiger partial charge in [-0.15, -0.1) is 0 Å². The second-order valence-corrected chi connectivity index (χ2v) is 6.05. The van der Waals surface area contributed by atoms with Crippen molar-refractivity contribution < 1.29 is 4.79 Å². The third kappa shape index (κ3) is 3.24. The van der Waals surface area contributed by atoms with E-state index in [1.54, 1.807) is 0 Å². The van der Waals surface area contributed by atoms with Gasteiger partial charge in [-0.1, -0.05) is 30.5 Å². The van der Waals surface area contributed by atoms with Gasteiger partial charge in [-0.3, -0.25) is 9.69 Å². The van der Waals surface area contributed by atoms with E-state index in [4.69, 9.17) is 0 Å². The number of hydrogen-bond acceptors (Lipinski definition) is 2. The van der Waals surface area contributed by atoms with Crippen LogP contribution in [0.2, 0.25) is 0 Å². The minimum atomic E-state index is 0.268. The highest BCUT2D eigenvalue weighted by Crippen LogP contribution is 2.23. The number of hydrogen-bond donors (Lipinski definition) is 0. The fraction of sp³-hybridized carbons (Fsp3) is 0.588. The SMILES string of the molecule is Cc1cc(C)c(C(=O)CN(C)C2CCCC2)c(C)c1. The second kappa shape index (κ2) is 5.87. The molecule has 2 heteroatoms. The summed E-state index contributed by atoms with van der Waals surface area (Å²) in [5, 5.41) is 0. The Morgan fingerprint density at radius 1 is 1.16 bits per heavy atom. The highest BCUT2D eigenvalue weighted by Gasteiger charge is 2.22. The maximum Gasteiger partial charge on any atom is 0.177 e. The Morgan fingerprint density at radius 2 is 1.68 bits per heavy atom. The van der Waals surface area contributed by atoms with Crippen LogP contribution in [0.4, 0.5) is 0 Å². The molecule has 0 heterocycles. The Kier molecular flexibility index (Phi) is 4.41. The van der Waals surface area contributed by atoms with E-state index in [2.05, 4.69) is 31.0 Å². The zero-order valence-corrected chi connectivity index (χ0v) is 12.6. The van der Waals surface area contributed by atoms with Crippen LogP contribution in [0.25, 0.3) is 0 Å². The van der Waals surface area contributed by atoms with Crippen molar-refractivity contribution >= 4 is 5.78 Å². The van der Waals surface area contributed by atoms with Gasteiger partial charge in [0, 0.05) is 11.6 Å². The first-order valence-electron chi connectivity index (χ1n) is 7.30. The fourth-order valence-corrected chi connectivity index (χ4v) is 3.40. The summed E-state index contributed by atoms with van der Waals surface area (Å²) in [5.41, 5.74) is 4.38. The van der Waals surface area contributed by atoms with Crippen LogP contribution in [0.5, 0.6) is 0 Å². The number of Topliss-reactive ketones (excluding diaryl/α,β-unsaturated/α-hetero) is 1. The largest absolute Gasteiger partial charge is 0.296 e. The van der Waals surface area contributed by atoms with E-state index >= 15 is 0 Å². The van der Waals surface area contributed by atoms with Crippen LogP contribution in [0.15, 0.2) is 12.1 Å². The lowest BCUT2D eigenvalue weighted by atomic mass is 9.96. The smallest absolute Gasteiger partial charge is 0.177 e. The molecule has 104 valence electrons. The minimum Gasteiger partial charge on any atom is -0.296 e. The number of ketones is 1. The molecule has 0 unspecified atom stereocenters. The summed E-state index contributed by atoms with van der Waals surface area (Å²) >= 11 is 0. The Bertz CT molecular complexity index is 449. The van der Waals surface area contributed by atoms with Crippen LogP contribution in [-0.2, 0) is 0 Å². The molecule has 2 nitrogen and oxygen atoms in total. The Hall–Kier alpha value is -1.15. The standard InChI is InChI=1S/C17H25NO/c1-12-9-13(2)17(14(3)10-12)16(19)11-18(4)15-7-5-6-8-15/h9-10,15H,5-8,11H2,1-4H3. The molecule has 0 N–H and O–H groups in total. The average molecular weight is 259 g/mol. The topological polar surface area (TPSA) is 20.3 Å². The lowest BCUT2D eigenvalue weighted by Crippen LogP contribution is -2.34. The number of likely N-dealkylation sites (N-methyl/N-ethyl adjacent to an activating group) is 1. The lowest BCUT2D eigenvalue weighted by Gasteiger charge is -2.24. The van der Waals surface area contributed by atoms with E-state index < -0.39 is 0 Å². The zero-order chi connectivity index (χ0) is 14.0. The number of rotatable bonds is 4. The molecule has 1 aliphatic rings. The van der Waals surface area contributed by atoms with Gasteiger partial charge in [0.15, 0.2) is 5.78 Å². The predicted molar refractivity (Wildman–Crippen MR) is 79.9 cm³/mol. The quantitative estimate of drug-likeness (QED) is 0.769. The van der Waals surface area contributed by atoms with Gasteiger partial charge in [0.1, 0.15) is 0 Å². The average Bonchev–Trinajstić information content (AvgIpc) is 2.80.